The summed E-state index contributed by atoms with van der Waals surface area (Å²) in [5.41, 5.74) is 0.973. The second-order valence-corrected chi connectivity index (χ2v) is 10.2. The Morgan fingerprint density at radius 3 is 2.28 bits per heavy atom. The molecule has 0 aliphatic carbocycles. The molecular formula is C27H34N4O5. The van der Waals surface area contributed by atoms with E-state index >= 15 is 0 Å². The number of nitrogens with one attached hydrogen (secondary N) is 1. The van der Waals surface area contributed by atoms with Gasteiger partial charge in [-0.15, -0.1) is 0 Å². The van der Waals surface area contributed by atoms with Crippen LogP contribution in [0.5, 0.6) is 0 Å². The predicted octanol–water partition coefficient (Wildman–Crippen LogP) is 4.49. The Labute approximate surface area is 211 Å². The van der Waals surface area contributed by atoms with Crippen LogP contribution < -0.4 is 10.2 Å². The van der Waals surface area contributed by atoms with Crippen molar-refractivity contribution in [3.8, 4) is 0 Å². The van der Waals surface area contributed by atoms with E-state index in [0.717, 1.165) is 25.9 Å². The molecule has 0 atom stereocenters. The zero-order valence-corrected chi connectivity index (χ0v) is 21.2. The van der Waals surface area contributed by atoms with Crippen LogP contribution in [0.3, 0.4) is 0 Å². The molecule has 0 spiro atoms. The van der Waals surface area contributed by atoms with Gasteiger partial charge in [0.15, 0.2) is 0 Å². The largest absolute Gasteiger partial charge is 0.459 e. The number of ether oxygens (including phenoxy) is 2. The standard InChI is InChI=1S/C27H34N4O5/c1-27(2,3)36-26(34)31-17-12-21(13-18-31)35-25(33)19-8-10-20(11-9-19)29-24(32)22-7-6-14-28-23(22)30-15-4-5-16-30/h6-11,14,21H,4-5,12-13,15-18H2,1-3H3,(H,29,32). The first-order chi connectivity index (χ1) is 17.2. The summed E-state index contributed by atoms with van der Waals surface area (Å²) in [7, 11) is 0. The van der Waals surface area contributed by atoms with E-state index in [4.69, 9.17) is 9.47 Å². The number of rotatable bonds is 5. The summed E-state index contributed by atoms with van der Waals surface area (Å²) < 4.78 is 11.1. The van der Waals surface area contributed by atoms with Crippen molar-refractivity contribution in [3.05, 3.63) is 53.7 Å². The number of anilines is 2. The average molecular weight is 495 g/mol. The van der Waals surface area contributed by atoms with Gasteiger partial charge in [-0.2, -0.15) is 0 Å². The number of likely N-dealkylation sites (tertiary alicyclic amines) is 1. The first-order valence-corrected chi connectivity index (χ1v) is 12.5. The van der Waals surface area contributed by atoms with Crippen LogP contribution in [0.1, 0.15) is 67.2 Å². The maximum absolute atomic E-state index is 12.9. The molecule has 2 fully saturated rings. The quantitative estimate of drug-likeness (QED) is 0.611. The number of pyridine rings is 1. The SMILES string of the molecule is CC(C)(C)OC(=O)N1CCC(OC(=O)c2ccc(NC(=O)c3cccnc3N3CCCC3)cc2)CC1. The summed E-state index contributed by atoms with van der Waals surface area (Å²) in [4.78, 5) is 46.0. The molecule has 0 unspecified atom stereocenters. The third-order valence-electron chi connectivity index (χ3n) is 6.18. The molecule has 36 heavy (non-hydrogen) atoms. The lowest BCUT2D eigenvalue weighted by atomic mass is 10.1. The lowest BCUT2D eigenvalue weighted by molar-refractivity contribution is -0.00341. The number of aromatic nitrogens is 1. The number of amides is 2. The highest BCUT2D eigenvalue weighted by atomic mass is 16.6. The highest BCUT2D eigenvalue weighted by molar-refractivity contribution is 6.07. The smallest absolute Gasteiger partial charge is 0.410 e. The Morgan fingerprint density at radius 2 is 1.64 bits per heavy atom. The Bertz CT molecular complexity index is 1080. The van der Waals surface area contributed by atoms with Gasteiger partial charge in [-0.25, -0.2) is 14.6 Å². The molecule has 9 nitrogen and oxygen atoms in total. The molecule has 3 heterocycles. The fraction of sp³-hybridized carbons (Fsp3) is 0.481. The lowest BCUT2D eigenvalue weighted by Gasteiger charge is -2.33. The van der Waals surface area contributed by atoms with Crippen molar-refractivity contribution in [2.75, 3.05) is 36.4 Å². The van der Waals surface area contributed by atoms with Gasteiger partial charge in [0.25, 0.3) is 5.91 Å². The molecule has 9 heteroatoms. The van der Waals surface area contributed by atoms with E-state index in [-0.39, 0.29) is 18.1 Å². The Hall–Kier alpha value is -3.62. The summed E-state index contributed by atoms with van der Waals surface area (Å²) in [6, 6.07) is 10.2. The fourth-order valence-electron chi connectivity index (χ4n) is 4.35. The van der Waals surface area contributed by atoms with Crippen LogP contribution in [0.2, 0.25) is 0 Å². The van der Waals surface area contributed by atoms with Crippen LogP contribution in [0.25, 0.3) is 0 Å². The second-order valence-electron chi connectivity index (χ2n) is 10.2. The number of carbonyl (C=O) groups excluding carboxylic acids is 3. The molecule has 2 aliphatic heterocycles. The number of hydrogen-bond donors (Lipinski definition) is 1. The number of nitrogens with zero attached hydrogens (tertiary/aromatic N) is 3. The van der Waals surface area contributed by atoms with Gasteiger partial charge >= 0.3 is 12.1 Å². The number of benzene rings is 1. The van der Waals surface area contributed by atoms with E-state index in [1.54, 1.807) is 47.5 Å². The molecule has 1 aromatic heterocycles. The van der Waals surface area contributed by atoms with Crippen molar-refractivity contribution >= 4 is 29.5 Å². The summed E-state index contributed by atoms with van der Waals surface area (Å²) in [5.74, 6) is 0.0367. The monoisotopic (exact) mass is 494 g/mol. The van der Waals surface area contributed by atoms with Crippen LogP contribution in [0.4, 0.5) is 16.3 Å². The average Bonchev–Trinajstić information content (AvgIpc) is 3.39. The summed E-state index contributed by atoms with van der Waals surface area (Å²) in [5, 5.41) is 2.89. The van der Waals surface area contributed by atoms with Gasteiger partial charge in [0, 0.05) is 50.9 Å². The van der Waals surface area contributed by atoms with Crippen LogP contribution >= 0.6 is 0 Å². The van der Waals surface area contributed by atoms with E-state index in [1.165, 1.54) is 0 Å². The third-order valence-corrected chi connectivity index (χ3v) is 6.18. The summed E-state index contributed by atoms with van der Waals surface area (Å²) in [6.07, 6.45) is 4.41. The molecule has 1 N–H and O–H groups in total. The molecule has 2 amide bonds. The molecule has 1 aromatic carbocycles. The van der Waals surface area contributed by atoms with Gasteiger partial charge in [-0.1, -0.05) is 0 Å². The molecular weight excluding hydrogens is 460 g/mol. The molecule has 192 valence electrons. The van der Waals surface area contributed by atoms with Gasteiger partial charge in [0.05, 0.1) is 11.1 Å². The Kier molecular flexibility index (Phi) is 7.76. The number of piperidine rings is 1. The van der Waals surface area contributed by atoms with Crippen molar-refractivity contribution in [3.63, 3.8) is 0 Å². The first kappa shape index (κ1) is 25.5. The Morgan fingerprint density at radius 1 is 0.972 bits per heavy atom. The van der Waals surface area contributed by atoms with Crippen molar-refractivity contribution in [1.29, 1.82) is 0 Å². The highest BCUT2D eigenvalue weighted by Gasteiger charge is 2.28. The van der Waals surface area contributed by atoms with Crippen LogP contribution in [-0.4, -0.2) is 65.7 Å². The third kappa shape index (κ3) is 6.53. The topological polar surface area (TPSA) is 101 Å². The molecule has 2 aromatic rings. The van der Waals surface area contributed by atoms with E-state index in [1.807, 2.05) is 20.8 Å². The maximum atomic E-state index is 12.9. The minimum Gasteiger partial charge on any atom is -0.459 e. The number of hydrogen-bond acceptors (Lipinski definition) is 7. The predicted molar refractivity (Wildman–Crippen MR) is 136 cm³/mol. The van der Waals surface area contributed by atoms with Gasteiger partial charge in [-0.05, 0) is 70.0 Å². The summed E-state index contributed by atoms with van der Waals surface area (Å²) >= 11 is 0. The molecule has 0 bridgehead atoms. The van der Waals surface area contributed by atoms with Crippen LogP contribution in [-0.2, 0) is 9.47 Å². The lowest BCUT2D eigenvalue weighted by Crippen LogP contribution is -2.43. The van der Waals surface area contributed by atoms with Crippen molar-refractivity contribution < 1.29 is 23.9 Å². The second kappa shape index (κ2) is 11.0. The van der Waals surface area contributed by atoms with Crippen molar-refractivity contribution in [1.82, 2.24) is 9.88 Å². The van der Waals surface area contributed by atoms with Gasteiger partial charge < -0.3 is 24.6 Å². The minimum absolute atomic E-state index is 0.239. The van der Waals surface area contributed by atoms with E-state index in [9.17, 15) is 14.4 Å². The van der Waals surface area contributed by atoms with Crippen LogP contribution in [0.15, 0.2) is 42.6 Å². The zero-order valence-electron chi connectivity index (χ0n) is 21.2. The van der Waals surface area contributed by atoms with Crippen molar-refractivity contribution in [2.24, 2.45) is 0 Å². The van der Waals surface area contributed by atoms with Gasteiger partial charge in [-0.3, -0.25) is 4.79 Å². The zero-order chi connectivity index (χ0) is 25.7. The number of carbonyl (C=O) groups is 3. The van der Waals surface area contributed by atoms with Gasteiger partial charge in [0.1, 0.15) is 17.5 Å². The first-order valence-electron chi connectivity index (χ1n) is 12.5. The summed E-state index contributed by atoms with van der Waals surface area (Å²) in [6.45, 7) is 8.25. The molecule has 0 saturated carbocycles. The van der Waals surface area contributed by atoms with Crippen LogP contribution in [0, 0.1) is 0 Å². The van der Waals surface area contributed by atoms with Gasteiger partial charge in [0.2, 0.25) is 0 Å². The maximum Gasteiger partial charge on any atom is 0.410 e. The normalized spacial score (nSPS) is 16.5. The number of esters is 1. The molecule has 2 aliphatic rings. The van der Waals surface area contributed by atoms with Crippen molar-refractivity contribution in [2.45, 2.75) is 58.2 Å². The van der Waals surface area contributed by atoms with E-state index in [0.29, 0.717) is 48.6 Å². The van der Waals surface area contributed by atoms with E-state index in [2.05, 4.69) is 15.2 Å². The minimum atomic E-state index is -0.541. The highest BCUT2D eigenvalue weighted by Crippen LogP contribution is 2.24. The Balaban J connectivity index is 1.29. The molecule has 2 saturated heterocycles. The molecule has 4 rings (SSSR count). The molecule has 0 radical (unpaired) electrons. The fourth-order valence-corrected chi connectivity index (χ4v) is 4.35. The van der Waals surface area contributed by atoms with E-state index < -0.39 is 11.6 Å².